The van der Waals surface area contributed by atoms with Crippen LogP contribution >= 0.6 is 0 Å². The van der Waals surface area contributed by atoms with E-state index >= 15 is 0 Å². The van der Waals surface area contributed by atoms with Crippen LogP contribution in [0.4, 0.5) is 18.0 Å². The third kappa shape index (κ3) is 7.25. The minimum Gasteiger partial charge on any atom is -0.338 e. The number of unbranched alkanes of at least 4 members (excludes halogenated alkanes) is 1. The van der Waals surface area contributed by atoms with Crippen molar-refractivity contribution < 1.29 is 18.0 Å². The van der Waals surface area contributed by atoms with Gasteiger partial charge in [-0.05, 0) is 25.3 Å². The Bertz CT molecular complexity index is 284. The standard InChI is InChI=1S/C12H22F3N3O/c1-2-3-5-16-11(19)17-7-10-4-6-18(8-10)9-12(13,14)15/h10H,2-9H2,1H3,(H2,16,17,19). The number of hydrogen-bond acceptors (Lipinski definition) is 2. The molecule has 1 rings (SSSR count). The first kappa shape index (κ1) is 16.1. The van der Waals surface area contributed by atoms with Gasteiger partial charge in [0.05, 0.1) is 6.54 Å². The highest BCUT2D eigenvalue weighted by Gasteiger charge is 2.34. The summed E-state index contributed by atoms with van der Waals surface area (Å²) in [6.45, 7) is 3.09. The van der Waals surface area contributed by atoms with Gasteiger partial charge >= 0.3 is 12.2 Å². The van der Waals surface area contributed by atoms with E-state index in [1.54, 1.807) is 0 Å². The summed E-state index contributed by atoms with van der Waals surface area (Å²) in [6, 6.07) is -0.234. The van der Waals surface area contributed by atoms with Crippen LogP contribution in [0.25, 0.3) is 0 Å². The van der Waals surface area contributed by atoms with Crippen LogP contribution in [0.15, 0.2) is 0 Å². The van der Waals surface area contributed by atoms with E-state index < -0.39 is 12.7 Å². The van der Waals surface area contributed by atoms with Gasteiger partial charge in [-0.2, -0.15) is 13.2 Å². The molecule has 0 saturated carbocycles. The maximum Gasteiger partial charge on any atom is 0.401 e. The van der Waals surface area contributed by atoms with Crippen LogP contribution in [-0.2, 0) is 0 Å². The highest BCUT2D eigenvalue weighted by Crippen LogP contribution is 2.22. The van der Waals surface area contributed by atoms with Crippen molar-refractivity contribution >= 4 is 6.03 Å². The molecule has 0 bridgehead atoms. The van der Waals surface area contributed by atoms with Crippen molar-refractivity contribution in [2.45, 2.75) is 32.4 Å². The Labute approximate surface area is 111 Å². The Hall–Kier alpha value is -0.980. The van der Waals surface area contributed by atoms with Gasteiger partial charge in [0.1, 0.15) is 0 Å². The van der Waals surface area contributed by atoms with Crippen LogP contribution in [0, 0.1) is 5.92 Å². The van der Waals surface area contributed by atoms with Gasteiger partial charge in [-0.25, -0.2) is 4.79 Å². The molecule has 1 atom stereocenters. The van der Waals surface area contributed by atoms with Gasteiger partial charge in [-0.15, -0.1) is 0 Å². The van der Waals surface area contributed by atoms with Crippen LogP contribution in [0.5, 0.6) is 0 Å². The lowest BCUT2D eigenvalue weighted by Gasteiger charge is -2.18. The van der Waals surface area contributed by atoms with Crippen molar-refractivity contribution in [1.29, 1.82) is 0 Å². The minimum absolute atomic E-state index is 0.110. The quantitative estimate of drug-likeness (QED) is 0.731. The van der Waals surface area contributed by atoms with Gasteiger partial charge in [-0.1, -0.05) is 13.3 Å². The van der Waals surface area contributed by atoms with E-state index in [2.05, 4.69) is 10.6 Å². The number of alkyl halides is 3. The number of rotatable bonds is 6. The predicted molar refractivity (Wildman–Crippen MR) is 66.9 cm³/mol. The van der Waals surface area contributed by atoms with Gasteiger partial charge in [0.2, 0.25) is 0 Å². The summed E-state index contributed by atoms with van der Waals surface area (Å²) < 4.78 is 36.6. The molecule has 1 aliphatic heterocycles. The van der Waals surface area contributed by atoms with Crippen LogP contribution < -0.4 is 10.6 Å². The number of hydrogen-bond donors (Lipinski definition) is 2. The molecule has 0 aliphatic carbocycles. The summed E-state index contributed by atoms with van der Waals surface area (Å²) in [7, 11) is 0. The second-order valence-electron chi connectivity index (χ2n) is 5.00. The Morgan fingerprint density at radius 2 is 2.11 bits per heavy atom. The monoisotopic (exact) mass is 281 g/mol. The van der Waals surface area contributed by atoms with Crippen molar-refractivity contribution in [3.8, 4) is 0 Å². The molecule has 0 aromatic carbocycles. The van der Waals surface area contributed by atoms with Crippen LogP contribution in [-0.4, -0.2) is 49.8 Å². The molecule has 1 heterocycles. The Kier molecular flexibility index (Phi) is 6.41. The summed E-state index contributed by atoms with van der Waals surface area (Å²) in [4.78, 5) is 12.8. The topological polar surface area (TPSA) is 44.4 Å². The van der Waals surface area contributed by atoms with E-state index in [0.717, 1.165) is 12.8 Å². The van der Waals surface area contributed by atoms with Crippen LogP contribution in [0.1, 0.15) is 26.2 Å². The van der Waals surface area contributed by atoms with Crippen molar-refractivity contribution in [1.82, 2.24) is 15.5 Å². The zero-order chi connectivity index (χ0) is 14.3. The summed E-state index contributed by atoms with van der Waals surface area (Å²) in [6.07, 6.45) is -1.50. The number of likely N-dealkylation sites (tertiary alicyclic amines) is 1. The molecular formula is C12H22F3N3O. The van der Waals surface area contributed by atoms with E-state index in [1.807, 2.05) is 6.92 Å². The number of amides is 2. The lowest BCUT2D eigenvalue weighted by atomic mass is 10.1. The Morgan fingerprint density at radius 3 is 2.74 bits per heavy atom. The summed E-state index contributed by atoms with van der Waals surface area (Å²) in [5, 5.41) is 5.42. The largest absolute Gasteiger partial charge is 0.401 e. The number of urea groups is 1. The Balaban J connectivity index is 2.13. The zero-order valence-electron chi connectivity index (χ0n) is 11.2. The van der Waals surface area contributed by atoms with E-state index in [4.69, 9.17) is 0 Å². The molecule has 1 saturated heterocycles. The zero-order valence-corrected chi connectivity index (χ0v) is 11.2. The fraction of sp³-hybridized carbons (Fsp3) is 0.917. The second kappa shape index (κ2) is 7.57. The lowest BCUT2D eigenvalue weighted by molar-refractivity contribution is -0.143. The molecule has 1 fully saturated rings. The third-order valence-corrected chi connectivity index (χ3v) is 3.14. The van der Waals surface area contributed by atoms with Gasteiger partial charge in [0, 0.05) is 19.6 Å². The number of carbonyl (C=O) groups is 1. The van der Waals surface area contributed by atoms with E-state index in [9.17, 15) is 18.0 Å². The maximum atomic E-state index is 12.2. The molecule has 2 N–H and O–H groups in total. The number of halogens is 3. The average molecular weight is 281 g/mol. The smallest absolute Gasteiger partial charge is 0.338 e. The van der Waals surface area contributed by atoms with Gasteiger partial charge in [0.15, 0.2) is 0 Å². The highest BCUT2D eigenvalue weighted by atomic mass is 19.4. The molecule has 1 unspecified atom stereocenters. The van der Waals surface area contributed by atoms with Crippen LogP contribution in [0.3, 0.4) is 0 Å². The molecule has 0 aromatic heterocycles. The van der Waals surface area contributed by atoms with Gasteiger partial charge < -0.3 is 10.6 Å². The van der Waals surface area contributed by atoms with Crippen molar-refractivity contribution in [2.75, 3.05) is 32.7 Å². The fourth-order valence-corrected chi connectivity index (χ4v) is 2.15. The average Bonchev–Trinajstić information content (AvgIpc) is 2.72. The molecule has 0 aromatic rings. The molecule has 4 nitrogen and oxygen atoms in total. The van der Waals surface area contributed by atoms with E-state index in [0.29, 0.717) is 32.6 Å². The minimum atomic E-state index is -4.14. The molecule has 1 aliphatic rings. The molecule has 19 heavy (non-hydrogen) atoms. The first-order valence-corrected chi connectivity index (χ1v) is 6.71. The molecule has 0 spiro atoms. The highest BCUT2D eigenvalue weighted by molar-refractivity contribution is 5.73. The molecule has 112 valence electrons. The molecular weight excluding hydrogens is 259 g/mol. The van der Waals surface area contributed by atoms with E-state index in [1.165, 1.54) is 4.90 Å². The van der Waals surface area contributed by atoms with E-state index in [-0.39, 0.29) is 11.9 Å². The summed E-state index contributed by atoms with van der Waals surface area (Å²) in [5.41, 5.74) is 0. The first-order valence-electron chi connectivity index (χ1n) is 6.71. The fourth-order valence-electron chi connectivity index (χ4n) is 2.15. The van der Waals surface area contributed by atoms with Crippen LogP contribution in [0.2, 0.25) is 0 Å². The number of nitrogens with zero attached hydrogens (tertiary/aromatic N) is 1. The lowest BCUT2D eigenvalue weighted by Crippen LogP contribution is -2.39. The predicted octanol–water partition coefficient (Wildman–Crippen LogP) is 1.97. The number of nitrogens with one attached hydrogen (secondary N) is 2. The van der Waals surface area contributed by atoms with Gasteiger partial charge in [0.25, 0.3) is 0 Å². The van der Waals surface area contributed by atoms with Crippen molar-refractivity contribution in [3.05, 3.63) is 0 Å². The molecule has 0 radical (unpaired) electrons. The van der Waals surface area contributed by atoms with Gasteiger partial charge in [-0.3, -0.25) is 4.90 Å². The summed E-state index contributed by atoms with van der Waals surface area (Å²) in [5.74, 6) is 0.110. The molecule has 7 heteroatoms. The second-order valence-corrected chi connectivity index (χ2v) is 5.00. The first-order chi connectivity index (χ1) is 8.90. The summed E-state index contributed by atoms with van der Waals surface area (Å²) >= 11 is 0. The molecule has 2 amide bonds. The normalized spacial score (nSPS) is 20.5. The number of carbonyl (C=O) groups excluding carboxylic acids is 1. The Morgan fingerprint density at radius 1 is 1.37 bits per heavy atom. The van der Waals surface area contributed by atoms with Crippen molar-refractivity contribution in [2.24, 2.45) is 5.92 Å². The maximum absolute atomic E-state index is 12.2. The van der Waals surface area contributed by atoms with Crippen molar-refractivity contribution in [3.63, 3.8) is 0 Å². The SMILES string of the molecule is CCCCNC(=O)NCC1CCN(CC(F)(F)F)C1. The third-order valence-electron chi connectivity index (χ3n) is 3.14.